The van der Waals surface area contributed by atoms with Crippen molar-refractivity contribution in [3.05, 3.63) is 153 Å². The van der Waals surface area contributed by atoms with Crippen LogP contribution in [-0.2, 0) is 17.3 Å². The van der Waals surface area contributed by atoms with Gasteiger partial charge in [-0.05, 0) is 71.0 Å². The second kappa shape index (κ2) is 10.3. The molecule has 4 aromatic carbocycles. The van der Waals surface area contributed by atoms with E-state index in [1.54, 1.807) is 12.1 Å². The minimum atomic E-state index is -0.353. The fourth-order valence-corrected chi connectivity index (χ4v) is 6.33. The Hall–Kier alpha value is -4.44. The molecule has 0 saturated heterocycles. The number of fused-ring (bicyclic) bond motifs is 2. The summed E-state index contributed by atoms with van der Waals surface area (Å²) in [4.78, 5) is 13.1. The minimum Gasteiger partial charge on any atom is -0.347 e. The number of benzene rings is 4. The highest BCUT2D eigenvalue weighted by Crippen LogP contribution is 2.49. The first-order chi connectivity index (χ1) is 19.0. The highest BCUT2D eigenvalue weighted by molar-refractivity contribution is 5.88. The maximum atomic E-state index is 11.2. The Kier molecular flexibility index (Phi) is 6.97. The van der Waals surface area contributed by atoms with Gasteiger partial charge in [-0.3, -0.25) is 10.1 Å². The Morgan fingerprint density at radius 2 is 1.68 bits per heavy atom. The lowest BCUT2D eigenvalue weighted by molar-refractivity contribution is -0.384. The second-order valence-electron chi connectivity index (χ2n) is 11.5. The number of hydrogen-bond donors (Lipinski definition) is 0. The summed E-state index contributed by atoms with van der Waals surface area (Å²) >= 11 is 0. The van der Waals surface area contributed by atoms with E-state index in [0.717, 1.165) is 17.6 Å². The summed E-state index contributed by atoms with van der Waals surface area (Å²) in [7, 11) is 2.11. The highest BCUT2D eigenvalue weighted by atomic mass is 16.6. The molecule has 0 saturated carbocycles. The van der Waals surface area contributed by atoms with E-state index < -0.39 is 0 Å². The fraction of sp³-hybridized carbons (Fsp3) is 0.222. The van der Waals surface area contributed by atoms with Gasteiger partial charge in [0, 0.05) is 41.4 Å². The zero-order valence-corrected chi connectivity index (χ0v) is 23.9. The number of nitro benzene ring substituents is 1. The molecule has 0 radical (unpaired) electrons. The zero-order valence-electron chi connectivity index (χ0n) is 23.9. The van der Waals surface area contributed by atoms with E-state index in [0.29, 0.717) is 0 Å². The molecule has 4 heteroatoms. The largest absolute Gasteiger partial charge is 0.347 e. The summed E-state index contributed by atoms with van der Waals surface area (Å²) in [6.07, 6.45) is 7.18. The Morgan fingerprint density at radius 3 is 2.40 bits per heavy atom. The number of rotatable bonds is 7. The SMILES string of the molecule is C=C(/C=C/C=C1/N(C)c2ccccc2C1(C)Cc1ccc([N+](=O)[O-])cc1)C(C)(C)c1c(C)ccc2ccccc12. The maximum Gasteiger partial charge on any atom is 0.269 e. The van der Waals surface area contributed by atoms with Crippen LogP contribution < -0.4 is 4.90 Å². The number of para-hydroxylation sites is 1. The van der Waals surface area contributed by atoms with E-state index in [-0.39, 0.29) is 21.4 Å². The molecule has 0 spiro atoms. The number of aryl methyl sites for hydroxylation is 1. The predicted octanol–water partition coefficient (Wildman–Crippen LogP) is 8.98. The topological polar surface area (TPSA) is 46.4 Å². The number of nitro groups is 1. The van der Waals surface area contributed by atoms with Crippen molar-refractivity contribution >= 4 is 22.1 Å². The van der Waals surface area contributed by atoms with Gasteiger partial charge in [0.1, 0.15) is 0 Å². The molecular weight excluding hydrogens is 492 g/mol. The van der Waals surface area contributed by atoms with Crippen molar-refractivity contribution < 1.29 is 4.92 Å². The van der Waals surface area contributed by atoms with Gasteiger partial charge in [-0.15, -0.1) is 0 Å². The van der Waals surface area contributed by atoms with Crippen LogP contribution >= 0.6 is 0 Å². The molecule has 1 unspecified atom stereocenters. The van der Waals surface area contributed by atoms with Gasteiger partial charge in [-0.2, -0.15) is 0 Å². The van der Waals surface area contributed by atoms with Crippen molar-refractivity contribution in [2.75, 3.05) is 11.9 Å². The minimum absolute atomic E-state index is 0.110. The number of nitrogens with zero attached hydrogens (tertiary/aromatic N) is 2. The summed E-state index contributed by atoms with van der Waals surface area (Å²) in [5.41, 5.74) is 7.83. The molecule has 1 aliphatic rings. The van der Waals surface area contributed by atoms with Crippen molar-refractivity contribution in [3.63, 3.8) is 0 Å². The third-order valence-electron chi connectivity index (χ3n) is 8.61. The molecule has 4 nitrogen and oxygen atoms in total. The Balaban J connectivity index is 1.49. The molecule has 5 rings (SSSR count). The van der Waals surface area contributed by atoms with Crippen LogP contribution in [-0.4, -0.2) is 12.0 Å². The average Bonchev–Trinajstić information content (AvgIpc) is 3.14. The second-order valence-corrected chi connectivity index (χ2v) is 11.5. The summed E-state index contributed by atoms with van der Waals surface area (Å²) in [6, 6.07) is 28.3. The Labute approximate surface area is 237 Å². The van der Waals surface area contributed by atoms with Crippen LogP contribution in [0.3, 0.4) is 0 Å². The first-order valence-electron chi connectivity index (χ1n) is 13.7. The van der Waals surface area contributed by atoms with Crippen molar-refractivity contribution in [1.82, 2.24) is 0 Å². The highest BCUT2D eigenvalue weighted by Gasteiger charge is 2.42. The Morgan fingerprint density at radius 1 is 1.00 bits per heavy atom. The van der Waals surface area contributed by atoms with Gasteiger partial charge in [0.15, 0.2) is 0 Å². The molecule has 0 aliphatic carbocycles. The van der Waals surface area contributed by atoms with Gasteiger partial charge < -0.3 is 4.90 Å². The maximum absolute atomic E-state index is 11.2. The normalized spacial score (nSPS) is 18.0. The van der Waals surface area contributed by atoms with Gasteiger partial charge in [-0.1, -0.05) is 99.3 Å². The van der Waals surface area contributed by atoms with Crippen LogP contribution in [0.5, 0.6) is 0 Å². The molecule has 40 heavy (non-hydrogen) atoms. The molecular formula is C36H36N2O2. The summed E-state index contributed by atoms with van der Waals surface area (Å²) in [5.74, 6) is 0. The van der Waals surface area contributed by atoms with Gasteiger partial charge in [0.05, 0.1) is 4.92 Å². The van der Waals surface area contributed by atoms with Crippen LogP contribution in [0, 0.1) is 17.0 Å². The summed E-state index contributed by atoms with van der Waals surface area (Å²) in [6.45, 7) is 13.4. The molecule has 0 bridgehead atoms. The van der Waals surface area contributed by atoms with Gasteiger partial charge >= 0.3 is 0 Å². The van der Waals surface area contributed by atoms with Crippen molar-refractivity contribution in [2.45, 2.75) is 44.9 Å². The molecule has 202 valence electrons. The number of hydrogen-bond acceptors (Lipinski definition) is 3. The molecule has 0 aromatic heterocycles. The fourth-order valence-electron chi connectivity index (χ4n) is 6.33. The smallest absolute Gasteiger partial charge is 0.269 e. The number of likely N-dealkylation sites (N-methyl/N-ethyl adjacent to an activating group) is 1. The van der Waals surface area contributed by atoms with Crippen molar-refractivity contribution in [3.8, 4) is 0 Å². The zero-order chi connectivity index (χ0) is 28.7. The molecule has 1 atom stereocenters. The van der Waals surface area contributed by atoms with Crippen LogP contribution in [0.1, 0.15) is 43.0 Å². The molecule has 4 aromatic rings. The number of non-ortho nitro benzene ring substituents is 1. The summed E-state index contributed by atoms with van der Waals surface area (Å²) in [5, 5.41) is 13.7. The van der Waals surface area contributed by atoms with E-state index in [1.807, 2.05) is 12.1 Å². The van der Waals surface area contributed by atoms with Gasteiger partial charge in [-0.25, -0.2) is 0 Å². The first kappa shape index (κ1) is 27.1. The summed E-state index contributed by atoms with van der Waals surface area (Å²) < 4.78 is 0. The monoisotopic (exact) mass is 528 g/mol. The van der Waals surface area contributed by atoms with E-state index in [2.05, 4.69) is 125 Å². The molecule has 0 N–H and O–H groups in total. The molecule has 1 heterocycles. The van der Waals surface area contributed by atoms with Crippen molar-refractivity contribution in [1.29, 1.82) is 0 Å². The third-order valence-corrected chi connectivity index (χ3v) is 8.61. The van der Waals surface area contributed by atoms with Crippen LogP contribution in [0.25, 0.3) is 10.8 Å². The molecule has 0 amide bonds. The number of anilines is 1. The number of allylic oxidation sites excluding steroid dienone is 5. The Bertz CT molecular complexity index is 1680. The van der Waals surface area contributed by atoms with Crippen LogP contribution in [0.15, 0.2) is 121 Å². The van der Waals surface area contributed by atoms with Crippen LogP contribution in [0.2, 0.25) is 0 Å². The lowest BCUT2D eigenvalue weighted by atomic mass is 9.74. The molecule has 0 fully saturated rings. The quantitative estimate of drug-likeness (QED) is 0.137. The van der Waals surface area contributed by atoms with Gasteiger partial charge in [0.25, 0.3) is 5.69 Å². The van der Waals surface area contributed by atoms with Crippen LogP contribution in [0.4, 0.5) is 11.4 Å². The first-order valence-corrected chi connectivity index (χ1v) is 13.7. The van der Waals surface area contributed by atoms with Gasteiger partial charge in [0.2, 0.25) is 0 Å². The lowest BCUT2D eigenvalue weighted by Crippen LogP contribution is -2.28. The molecule has 1 aliphatic heterocycles. The van der Waals surface area contributed by atoms with Crippen molar-refractivity contribution in [2.24, 2.45) is 0 Å². The van der Waals surface area contributed by atoms with E-state index in [4.69, 9.17) is 0 Å². The van der Waals surface area contributed by atoms with E-state index in [9.17, 15) is 10.1 Å². The third kappa shape index (κ3) is 4.64. The standard InChI is InChI=1S/C36H36N2O2/c1-25-18-21-28-13-7-8-14-30(28)34(25)35(3,4)26(2)12-11-17-33-36(5,31-15-9-10-16-32(31)37(33)6)24-27-19-22-29(23-20-27)38(39)40/h7-23H,2,24H2,1,3-6H3/b12-11+,33-17+. The lowest BCUT2D eigenvalue weighted by Gasteiger charge is -2.30. The van der Waals surface area contributed by atoms with E-state index in [1.165, 1.54) is 38.8 Å². The van der Waals surface area contributed by atoms with E-state index >= 15 is 0 Å². The average molecular weight is 529 g/mol. The predicted molar refractivity (Wildman–Crippen MR) is 167 cm³/mol.